The second kappa shape index (κ2) is 11.3. The Morgan fingerprint density at radius 2 is 1.73 bits per heavy atom. The zero-order valence-corrected chi connectivity index (χ0v) is 19.5. The Kier molecular flexibility index (Phi) is 9.40. The van der Waals surface area contributed by atoms with Crippen LogP contribution in [0.2, 0.25) is 10.0 Å². The fourth-order valence-electron chi connectivity index (χ4n) is 3.15. The molecule has 1 amide bonds. The van der Waals surface area contributed by atoms with E-state index in [0.29, 0.717) is 0 Å². The summed E-state index contributed by atoms with van der Waals surface area (Å²) in [5, 5.41) is 2.71. The molecule has 30 heavy (non-hydrogen) atoms. The molecular formula is C20H28Cl2N2O5S. The van der Waals surface area contributed by atoms with Crippen LogP contribution in [-0.2, 0) is 19.6 Å². The fourth-order valence-corrected chi connectivity index (χ4v) is 5.21. The second-order valence-corrected chi connectivity index (χ2v) is 10.4. The molecule has 2 N–H and O–H groups in total. The number of halogens is 2. The van der Waals surface area contributed by atoms with E-state index in [4.69, 9.17) is 27.9 Å². The molecule has 7 nitrogen and oxygen atoms in total. The maximum absolute atomic E-state index is 12.5. The summed E-state index contributed by atoms with van der Waals surface area (Å²) >= 11 is 12.1. The van der Waals surface area contributed by atoms with Crippen LogP contribution >= 0.6 is 23.2 Å². The van der Waals surface area contributed by atoms with Crippen molar-refractivity contribution < 1.29 is 22.7 Å². The largest absolute Gasteiger partial charge is 0.452 e. The van der Waals surface area contributed by atoms with Gasteiger partial charge < -0.3 is 10.1 Å². The highest BCUT2D eigenvalue weighted by Crippen LogP contribution is 2.29. The van der Waals surface area contributed by atoms with Gasteiger partial charge in [0, 0.05) is 12.6 Å². The Hall–Kier alpha value is -1.35. The molecule has 0 atom stereocenters. The molecule has 0 heterocycles. The highest BCUT2D eigenvalue weighted by molar-refractivity contribution is 7.89. The molecule has 168 valence electrons. The number of amides is 1. The van der Waals surface area contributed by atoms with Crippen LogP contribution in [0.3, 0.4) is 0 Å². The van der Waals surface area contributed by atoms with Gasteiger partial charge in [0.2, 0.25) is 10.0 Å². The van der Waals surface area contributed by atoms with Gasteiger partial charge in [-0.1, -0.05) is 62.7 Å². The predicted molar refractivity (Wildman–Crippen MR) is 116 cm³/mol. The lowest BCUT2D eigenvalue weighted by Gasteiger charge is -2.16. The first kappa shape index (κ1) is 24.9. The zero-order valence-electron chi connectivity index (χ0n) is 17.2. The van der Waals surface area contributed by atoms with Gasteiger partial charge >= 0.3 is 5.97 Å². The monoisotopic (exact) mass is 478 g/mol. The predicted octanol–water partition coefficient (Wildman–Crippen LogP) is 3.92. The van der Waals surface area contributed by atoms with Crippen molar-refractivity contribution in [2.45, 2.75) is 63.3 Å². The minimum atomic E-state index is -3.94. The van der Waals surface area contributed by atoms with E-state index >= 15 is 0 Å². The van der Waals surface area contributed by atoms with Gasteiger partial charge in [0.1, 0.15) is 4.90 Å². The van der Waals surface area contributed by atoms with Crippen molar-refractivity contribution >= 4 is 45.1 Å². The smallest absolute Gasteiger partial charge is 0.340 e. The van der Waals surface area contributed by atoms with Crippen molar-refractivity contribution in [1.82, 2.24) is 10.0 Å². The first-order valence-electron chi connectivity index (χ1n) is 10.1. The van der Waals surface area contributed by atoms with Crippen LogP contribution in [0.25, 0.3) is 0 Å². The topological polar surface area (TPSA) is 102 Å². The van der Waals surface area contributed by atoms with Crippen LogP contribution in [0, 0.1) is 5.92 Å². The molecule has 1 saturated carbocycles. The normalized spacial score (nSPS) is 15.6. The molecule has 1 aliphatic carbocycles. The summed E-state index contributed by atoms with van der Waals surface area (Å²) in [7, 11) is -3.94. The highest BCUT2D eigenvalue weighted by atomic mass is 35.5. The molecule has 2 rings (SSSR count). The Morgan fingerprint density at radius 1 is 1.10 bits per heavy atom. The molecule has 1 aromatic carbocycles. The molecule has 0 aliphatic heterocycles. The number of hydrogen-bond donors (Lipinski definition) is 2. The quantitative estimate of drug-likeness (QED) is 0.435. The summed E-state index contributed by atoms with van der Waals surface area (Å²) in [6.45, 7) is 3.45. The Balaban J connectivity index is 2.05. The average Bonchev–Trinajstić information content (AvgIpc) is 2.93. The highest BCUT2D eigenvalue weighted by Gasteiger charge is 2.24. The van der Waals surface area contributed by atoms with Crippen molar-refractivity contribution in [1.29, 1.82) is 0 Å². The number of nitrogens with one attached hydrogen (secondary N) is 2. The van der Waals surface area contributed by atoms with Crippen molar-refractivity contribution in [3.05, 3.63) is 27.7 Å². The van der Waals surface area contributed by atoms with Crippen LogP contribution in [0.1, 0.15) is 62.7 Å². The summed E-state index contributed by atoms with van der Waals surface area (Å²) in [6.07, 6.45) is 6.27. The van der Waals surface area contributed by atoms with Gasteiger partial charge in [0.05, 0.1) is 15.6 Å². The number of carbonyl (C=O) groups excluding carboxylic acids is 2. The Labute approximate surface area is 187 Å². The van der Waals surface area contributed by atoms with Gasteiger partial charge in [-0.2, -0.15) is 0 Å². The lowest BCUT2D eigenvalue weighted by atomic mass is 10.1. The lowest BCUT2D eigenvalue weighted by Crippen LogP contribution is -2.37. The minimum Gasteiger partial charge on any atom is -0.452 e. The van der Waals surface area contributed by atoms with Gasteiger partial charge in [-0.05, 0) is 30.9 Å². The molecule has 0 spiro atoms. The Morgan fingerprint density at radius 3 is 2.33 bits per heavy atom. The van der Waals surface area contributed by atoms with Crippen molar-refractivity contribution in [2.24, 2.45) is 5.92 Å². The zero-order chi connectivity index (χ0) is 22.3. The molecule has 1 aromatic rings. The number of hydrogen-bond acceptors (Lipinski definition) is 5. The third kappa shape index (κ3) is 7.41. The van der Waals surface area contributed by atoms with E-state index in [9.17, 15) is 18.0 Å². The molecule has 10 heteroatoms. The maximum atomic E-state index is 12.5. The standard InChI is InChI=1S/C20H28Cl2N2O5S/c1-13(2)11-23-30(27,28)18-9-15(16(21)10-17(18)22)20(26)29-12-19(25)24-14-7-5-3-4-6-8-14/h9-10,13-14,23H,3-8,11-12H2,1-2H3,(H,24,25). The van der Waals surface area contributed by atoms with E-state index in [1.54, 1.807) is 0 Å². The SMILES string of the molecule is CC(C)CNS(=O)(=O)c1cc(C(=O)OCC(=O)NC2CCCCCC2)c(Cl)cc1Cl. The number of ether oxygens (including phenoxy) is 1. The number of esters is 1. The summed E-state index contributed by atoms with van der Waals surface area (Å²) in [5.74, 6) is -1.21. The van der Waals surface area contributed by atoms with E-state index < -0.39 is 28.5 Å². The van der Waals surface area contributed by atoms with Crippen LogP contribution in [-0.4, -0.2) is 39.5 Å². The molecule has 0 saturated heterocycles. The third-order valence-corrected chi connectivity index (χ3v) is 6.97. The van der Waals surface area contributed by atoms with E-state index in [2.05, 4.69) is 10.0 Å². The van der Waals surface area contributed by atoms with Crippen molar-refractivity contribution in [3.63, 3.8) is 0 Å². The van der Waals surface area contributed by atoms with Gasteiger partial charge in [-0.3, -0.25) is 4.79 Å². The van der Waals surface area contributed by atoms with Gasteiger partial charge in [0.25, 0.3) is 5.91 Å². The van der Waals surface area contributed by atoms with E-state index in [0.717, 1.165) is 44.6 Å². The maximum Gasteiger partial charge on any atom is 0.340 e. The molecule has 0 unspecified atom stereocenters. The van der Waals surface area contributed by atoms with Crippen LogP contribution in [0.15, 0.2) is 17.0 Å². The van der Waals surface area contributed by atoms with E-state index in [1.807, 2.05) is 13.8 Å². The molecule has 1 fully saturated rings. The van der Waals surface area contributed by atoms with Crippen LogP contribution in [0.4, 0.5) is 0 Å². The lowest BCUT2D eigenvalue weighted by molar-refractivity contribution is -0.125. The molecule has 0 bridgehead atoms. The van der Waals surface area contributed by atoms with Gasteiger partial charge in [-0.25, -0.2) is 17.9 Å². The molecule has 0 radical (unpaired) electrons. The fraction of sp³-hybridized carbons (Fsp3) is 0.600. The van der Waals surface area contributed by atoms with Gasteiger partial charge in [-0.15, -0.1) is 0 Å². The number of carbonyl (C=O) groups is 2. The Bertz CT molecular complexity index is 866. The minimum absolute atomic E-state index is 0.0583. The number of rotatable bonds is 8. The molecule has 1 aliphatic rings. The van der Waals surface area contributed by atoms with Crippen LogP contribution < -0.4 is 10.0 Å². The number of sulfonamides is 1. The molecule has 0 aromatic heterocycles. The first-order valence-corrected chi connectivity index (χ1v) is 12.3. The summed E-state index contributed by atoms with van der Waals surface area (Å²) in [5.41, 5.74) is -0.173. The van der Waals surface area contributed by atoms with Crippen molar-refractivity contribution in [3.8, 4) is 0 Å². The van der Waals surface area contributed by atoms with E-state index in [-0.39, 0.29) is 39.0 Å². The van der Waals surface area contributed by atoms with Crippen molar-refractivity contribution in [2.75, 3.05) is 13.2 Å². The summed E-state index contributed by atoms with van der Waals surface area (Å²) < 4.78 is 32.5. The summed E-state index contributed by atoms with van der Waals surface area (Å²) in [6, 6.07) is 2.33. The first-order chi connectivity index (χ1) is 14.1. The second-order valence-electron chi connectivity index (χ2n) is 7.84. The average molecular weight is 479 g/mol. The third-order valence-electron chi connectivity index (χ3n) is 4.77. The summed E-state index contributed by atoms with van der Waals surface area (Å²) in [4.78, 5) is 24.3. The molecular weight excluding hydrogens is 451 g/mol. The van der Waals surface area contributed by atoms with E-state index in [1.165, 1.54) is 6.07 Å². The van der Waals surface area contributed by atoms with Crippen LogP contribution in [0.5, 0.6) is 0 Å². The number of benzene rings is 1. The van der Waals surface area contributed by atoms with Gasteiger partial charge in [0.15, 0.2) is 6.61 Å².